The molecule has 85 valence electrons. The average Bonchev–Trinajstić information content (AvgIpc) is 2.38. The molecule has 2 aromatic carbocycles. The number of benzene rings is 2. The van der Waals surface area contributed by atoms with Crippen molar-refractivity contribution >= 4 is 12.7 Å². The van der Waals surface area contributed by atoms with Gasteiger partial charge in [-0.25, -0.2) is 4.39 Å². The van der Waals surface area contributed by atoms with Crippen LogP contribution in [0, 0.1) is 5.82 Å². The van der Waals surface area contributed by atoms with Crippen LogP contribution in [-0.2, 0) is 6.32 Å². The maximum Gasteiger partial charge on any atom is 0.161 e. The predicted molar refractivity (Wildman–Crippen MR) is 68.5 cm³/mol. The molecule has 0 aliphatic heterocycles. The van der Waals surface area contributed by atoms with Gasteiger partial charge in [0, 0.05) is 0 Å². The van der Waals surface area contributed by atoms with Crippen LogP contribution in [0.2, 0.25) is 0 Å². The van der Waals surface area contributed by atoms with E-state index in [9.17, 15) is 4.39 Å². The Balaban J connectivity index is 2.11. The molecule has 0 aliphatic rings. The van der Waals surface area contributed by atoms with Crippen LogP contribution in [0.1, 0.15) is 5.56 Å². The van der Waals surface area contributed by atoms with Crippen molar-refractivity contribution in [2.45, 2.75) is 6.32 Å². The summed E-state index contributed by atoms with van der Waals surface area (Å²) in [6.07, 6.45) is 0.765. The fraction of sp³-hybridized carbons (Fsp3) is 0.143. The summed E-state index contributed by atoms with van der Waals surface area (Å²) in [5.74, 6) is 0.451. The summed E-state index contributed by atoms with van der Waals surface area (Å²) in [6.45, 7) is 0. The van der Waals surface area contributed by atoms with Crippen LogP contribution >= 0.6 is 0 Å². The standard InChI is InChI=1S/C14H13BFO/c1-17-14-8-7-12(16)9-13(14)15-10-11-5-3-2-4-6-11/h2-9H,10H2,1H3. The van der Waals surface area contributed by atoms with Crippen LogP contribution in [0.15, 0.2) is 48.5 Å². The van der Waals surface area contributed by atoms with Crippen LogP contribution in [-0.4, -0.2) is 14.4 Å². The molecule has 0 saturated heterocycles. The molecular formula is C14H13BFO. The highest BCUT2D eigenvalue weighted by Gasteiger charge is 2.06. The molecule has 0 unspecified atom stereocenters. The molecule has 1 nitrogen and oxygen atoms in total. The van der Waals surface area contributed by atoms with Gasteiger partial charge in [0.15, 0.2) is 7.28 Å². The van der Waals surface area contributed by atoms with Crippen LogP contribution in [0.25, 0.3) is 0 Å². The van der Waals surface area contributed by atoms with Gasteiger partial charge in [0.05, 0.1) is 7.11 Å². The predicted octanol–water partition coefficient (Wildman–Crippen LogP) is 2.36. The van der Waals surface area contributed by atoms with Crippen molar-refractivity contribution in [1.82, 2.24) is 0 Å². The number of rotatable bonds is 4. The fourth-order valence-corrected chi connectivity index (χ4v) is 1.71. The summed E-state index contributed by atoms with van der Waals surface area (Å²) in [6, 6.07) is 14.6. The Kier molecular flexibility index (Phi) is 3.81. The summed E-state index contributed by atoms with van der Waals surface area (Å²) < 4.78 is 18.3. The van der Waals surface area contributed by atoms with Gasteiger partial charge in [-0.05, 0) is 30.0 Å². The second-order valence-corrected chi connectivity index (χ2v) is 3.78. The third-order valence-electron chi connectivity index (χ3n) is 2.59. The van der Waals surface area contributed by atoms with Crippen molar-refractivity contribution in [2.75, 3.05) is 7.11 Å². The maximum atomic E-state index is 13.1. The zero-order chi connectivity index (χ0) is 12.1. The first-order valence-electron chi connectivity index (χ1n) is 5.50. The van der Waals surface area contributed by atoms with E-state index in [1.807, 2.05) is 37.6 Å². The highest BCUT2D eigenvalue weighted by molar-refractivity contribution is 6.54. The van der Waals surface area contributed by atoms with Gasteiger partial charge in [-0.15, -0.1) is 0 Å². The van der Waals surface area contributed by atoms with Crippen molar-refractivity contribution in [2.24, 2.45) is 0 Å². The summed E-state index contributed by atoms with van der Waals surface area (Å²) in [7, 11) is 3.56. The lowest BCUT2D eigenvalue weighted by molar-refractivity contribution is 0.417. The van der Waals surface area contributed by atoms with Crippen LogP contribution in [0.4, 0.5) is 4.39 Å². The summed E-state index contributed by atoms with van der Waals surface area (Å²) in [5.41, 5.74) is 1.98. The molecule has 3 heteroatoms. The van der Waals surface area contributed by atoms with E-state index in [0.29, 0.717) is 5.75 Å². The Morgan fingerprint density at radius 2 is 1.88 bits per heavy atom. The monoisotopic (exact) mass is 227 g/mol. The Bertz CT molecular complexity index is 485. The lowest BCUT2D eigenvalue weighted by atomic mass is 9.65. The van der Waals surface area contributed by atoms with Crippen molar-refractivity contribution in [3.63, 3.8) is 0 Å². The molecule has 17 heavy (non-hydrogen) atoms. The number of ether oxygens (including phenoxy) is 1. The molecule has 0 aliphatic carbocycles. The lowest BCUT2D eigenvalue weighted by Crippen LogP contribution is -2.19. The van der Waals surface area contributed by atoms with E-state index in [-0.39, 0.29) is 5.82 Å². The molecule has 1 radical (unpaired) electrons. The maximum absolute atomic E-state index is 13.1. The number of hydrogen-bond acceptors (Lipinski definition) is 1. The molecule has 0 saturated carbocycles. The SMILES string of the molecule is COc1ccc(F)cc1[B]Cc1ccccc1. The number of halogens is 1. The highest BCUT2D eigenvalue weighted by Crippen LogP contribution is 2.08. The molecule has 0 N–H and O–H groups in total. The van der Waals surface area contributed by atoms with Gasteiger partial charge in [0.25, 0.3) is 0 Å². The van der Waals surface area contributed by atoms with E-state index >= 15 is 0 Å². The zero-order valence-corrected chi connectivity index (χ0v) is 9.69. The second-order valence-electron chi connectivity index (χ2n) is 3.78. The summed E-state index contributed by atoms with van der Waals surface area (Å²) in [5, 5.41) is 0. The van der Waals surface area contributed by atoms with Crippen molar-refractivity contribution < 1.29 is 9.13 Å². The first-order valence-corrected chi connectivity index (χ1v) is 5.50. The van der Waals surface area contributed by atoms with E-state index in [0.717, 1.165) is 11.8 Å². The van der Waals surface area contributed by atoms with Gasteiger partial charge in [0.1, 0.15) is 11.6 Å². The average molecular weight is 227 g/mol. The highest BCUT2D eigenvalue weighted by atomic mass is 19.1. The number of hydrogen-bond donors (Lipinski definition) is 0. The largest absolute Gasteiger partial charge is 0.497 e. The third-order valence-corrected chi connectivity index (χ3v) is 2.59. The molecule has 0 amide bonds. The normalized spacial score (nSPS) is 10.0. The van der Waals surface area contributed by atoms with Gasteiger partial charge < -0.3 is 4.74 Å². The van der Waals surface area contributed by atoms with Gasteiger partial charge in [-0.1, -0.05) is 35.9 Å². The van der Waals surface area contributed by atoms with Gasteiger partial charge in [0.2, 0.25) is 0 Å². The molecule has 2 aromatic rings. The van der Waals surface area contributed by atoms with E-state index < -0.39 is 0 Å². The minimum atomic E-state index is -0.245. The first-order chi connectivity index (χ1) is 8.29. The van der Waals surface area contributed by atoms with Crippen LogP contribution in [0.5, 0.6) is 5.75 Å². The zero-order valence-electron chi connectivity index (χ0n) is 9.69. The van der Waals surface area contributed by atoms with E-state index in [1.165, 1.54) is 17.7 Å². The van der Waals surface area contributed by atoms with Crippen LogP contribution in [0.3, 0.4) is 0 Å². The smallest absolute Gasteiger partial charge is 0.161 e. The Morgan fingerprint density at radius 1 is 1.12 bits per heavy atom. The van der Waals surface area contributed by atoms with Crippen molar-refractivity contribution in [1.29, 1.82) is 0 Å². The Hall–Kier alpha value is -1.77. The Morgan fingerprint density at radius 3 is 2.59 bits per heavy atom. The molecule has 0 bridgehead atoms. The molecule has 0 spiro atoms. The first kappa shape index (κ1) is 11.7. The molecular weight excluding hydrogens is 214 g/mol. The molecule has 2 rings (SSSR count). The van der Waals surface area contributed by atoms with E-state index in [2.05, 4.69) is 0 Å². The molecule has 0 fully saturated rings. The van der Waals surface area contributed by atoms with Crippen LogP contribution < -0.4 is 10.2 Å². The minimum Gasteiger partial charge on any atom is -0.497 e. The minimum absolute atomic E-state index is 0.245. The second kappa shape index (κ2) is 5.53. The third kappa shape index (κ3) is 3.10. The van der Waals surface area contributed by atoms with Gasteiger partial charge in [-0.3, -0.25) is 0 Å². The Labute approximate surface area is 101 Å². The van der Waals surface area contributed by atoms with Crippen molar-refractivity contribution in [3.8, 4) is 5.75 Å². The summed E-state index contributed by atoms with van der Waals surface area (Å²) in [4.78, 5) is 0. The molecule has 0 heterocycles. The van der Waals surface area contributed by atoms with Gasteiger partial charge >= 0.3 is 0 Å². The van der Waals surface area contributed by atoms with E-state index in [4.69, 9.17) is 4.74 Å². The van der Waals surface area contributed by atoms with E-state index in [1.54, 1.807) is 13.2 Å². The topological polar surface area (TPSA) is 9.23 Å². The molecule has 0 atom stereocenters. The quantitative estimate of drug-likeness (QED) is 0.728. The number of methoxy groups -OCH3 is 1. The van der Waals surface area contributed by atoms with Gasteiger partial charge in [-0.2, -0.15) is 0 Å². The fourth-order valence-electron chi connectivity index (χ4n) is 1.71. The van der Waals surface area contributed by atoms with Crippen molar-refractivity contribution in [3.05, 3.63) is 59.9 Å². The molecule has 0 aromatic heterocycles. The summed E-state index contributed by atoms with van der Waals surface area (Å²) >= 11 is 0. The lowest BCUT2D eigenvalue weighted by Gasteiger charge is -2.07.